The lowest BCUT2D eigenvalue weighted by atomic mass is 10.2. The molecule has 100 valence electrons. The molecule has 3 N–H and O–H groups in total. The quantitative estimate of drug-likeness (QED) is 0.889. The van der Waals surface area contributed by atoms with Crippen LogP contribution >= 0.6 is 15.9 Å². The normalized spacial score (nSPS) is 11.4. The van der Waals surface area contributed by atoms with E-state index in [-0.39, 0.29) is 17.3 Å². The first-order valence-corrected chi connectivity index (χ1v) is 7.71. The van der Waals surface area contributed by atoms with Crippen LogP contribution in [0.4, 0.5) is 5.82 Å². The van der Waals surface area contributed by atoms with Gasteiger partial charge in [-0.2, -0.15) is 0 Å². The third-order valence-corrected chi connectivity index (χ3v) is 4.31. The average Bonchev–Trinajstić information content (AvgIpc) is 2.40. The number of benzene rings is 1. The molecule has 0 aliphatic carbocycles. The molecule has 0 amide bonds. The molecule has 0 spiro atoms. The molecule has 5 nitrogen and oxygen atoms in total. The molecular weight excluding hydrogens is 330 g/mol. The van der Waals surface area contributed by atoms with Gasteiger partial charge in [0.25, 0.3) is 0 Å². The Morgan fingerprint density at radius 2 is 1.95 bits per heavy atom. The molecule has 2 rings (SSSR count). The fraction of sp³-hybridized carbons (Fsp3) is 0.0833. The maximum Gasteiger partial charge on any atom is 0.244 e. The van der Waals surface area contributed by atoms with Gasteiger partial charge < -0.3 is 5.73 Å². The highest BCUT2D eigenvalue weighted by molar-refractivity contribution is 9.10. The molecule has 0 unspecified atom stereocenters. The summed E-state index contributed by atoms with van der Waals surface area (Å²) in [5.41, 5.74) is 6.46. The molecular formula is C12H12BrN3O2S. The fourth-order valence-electron chi connectivity index (χ4n) is 1.50. The zero-order valence-corrected chi connectivity index (χ0v) is 12.3. The predicted molar refractivity (Wildman–Crippen MR) is 76.8 cm³/mol. The van der Waals surface area contributed by atoms with Crippen LogP contribution in [0.1, 0.15) is 5.56 Å². The van der Waals surface area contributed by atoms with Crippen LogP contribution in [0.25, 0.3) is 0 Å². The summed E-state index contributed by atoms with van der Waals surface area (Å²) >= 11 is 3.17. The van der Waals surface area contributed by atoms with Crippen molar-refractivity contribution in [1.29, 1.82) is 0 Å². The number of halogens is 1. The number of sulfonamides is 1. The van der Waals surface area contributed by atoms with E-state index in [1.807, 2.05) is 30.3 Å². The topological polar surface area (TPSA) is 85.1 Å². The second-order valence-corrected chi connectivity index (χ2v) is 6.50. The smallest absolute Gasteiger partial charge is 0.244 e. The second-order valence-electron chi connectivity index (χ2n) is 3.85. The first-order chi connectivity index (χ1) is 8.99. The highest BCUT2D eigenvalue weighted by Crippen LogP contribution is 2.20. The van der Waals surface area contributed by atoms with E-state index in [2.05, 4.69) is 25.6 Å². The third-order valence-electron chi connectivity index (χ3n) is 2.45. The Morgan fingerprint density at radius 1 is 1.26 bits per heavy atom. The van der Waals surface area contributed by atoms with Crippen molar-refractivity contribution in [3.63, 3.8) is 0 Å². The van der Waals surface area contributed by atoms with Gasteiger partial charge in [-0.05, 0) is 27.6 Å². The molecule has 0 fully saturated rings. The molecule has 0 aliphatic rings. The van der Waals surface area contributed by atoms with Crippen LogP contribution in [-0.2, 0) is 16.6 Å². The predicted octanol–water partition coefficient (Wildman–Crippen LogP) is 1.90. The summed E-state index contributed by atoms with van der Waals surface area (Å²) in [4.78, 5) is 3.78. The van der Waals surface area contributed by atoms with Gasteiger partial charge in [0.05, 0.1) is 0 Å². The minimum Gasteiger partial charge on any atom is -0.383 e. The van der Waals surface area contributed by atoms with Gasteiger partial charge in [-0.1, -0.05) is 30.3 Å². The standard InChI is InChI=1S/C12H12BrN3O2S/c13-10-6-11(12(14)15-8-10)19(17,18)16-7-9-4-2-1-3-5-9/h1-6,8,16H,7H2,(H2,14,15). The van der Waals surface area contributed by atoms with Crippen molar-refractivity contribution in [3.8, 4) is 0 Å². The van der Waals surface area contributed by atoms with Crippen molar-refractivity contribution in [2.24, 2.45) is 0 Å². The van der Waals surface area contributed by atoms with Gasteiger partial charge in [-0.3, -0.25) is 0 Å². The maximum atomic E-state index is 12.1. The molecule has 7 heteroatoms. The Kier molecular flexibility index (Phi) is 4.18. The molecule has 1 aromatic carbocycles. The number of hydrogen-bond donors (Lipinski definition) is 2. The number of anilines is 1. The minimum absolute atomic E-state index is 0.0243. The van der Waals surface area contributed by atoms with E-state index in [4.69, 9.17) is 5.73 Å². The SMILES string of the molecule is Nc1ncc(Br)cc1S(=O)(=O)NCc1ccccc1. The lowest BCUT2D eigenvalue weighted by molar-refractivity contribution is 0.581. The van der Waals surface area contributed by atoms with E-state index >= 15 is 0 Å². The van der Waals surface area contributed by atoms with Gasteiger partial charge in [0.1, 0.15) is 10.7 Å². The van der Waals surface area contributed by atoms with Gasteiger partial charge in [-0.25, -0.2) is 18.1 Å². The molecule has 0 radical (unpaired) electrons. The lowest BCUT2D eigenvalue weighted by Gasteiger charge is -2.08. The van der Waals surface area contributed by atoms with Crippen molar-refractivity contribution in [2.75, 3.05) is 5.73 Å². The lowest BCUT2D eigenvalue weighted by Crippen LogP contribution is -2.24. The highest BCUT2D eigenvalue weighted by Gasteiger charge is 2.18. The first-order valence-electron chi connectivity index (χ1n) is 5.43. The molecule has 1 heterocycles. The van der Waals surface area contributed by atoms with Crippen molar-refractivity contribution < 1.29 is 8.42 Å². The Balaban J connectivity index is 2.21. The number of pyridine rings is 1. The first kappa shape index (κ1) is 14.0. The van der Waals surface area contributed by atoms with E-state index in [0.717, 1.165) is 5.56 Å². The van der Waals surface area contributed by atoms with Crippen LogP contribution in [0, 0.1) is 0 Å². The summed E-state index contributed by atoms with van der Waals surface area (Å²) < 4.78 is 27.3. The number of nitrogens with two attached hydrogens (primary N) is 1. The van der Waals surface area contributed by atoms with Crippen molar-refractivity contribution >= 4 is 31.8 Å². The maximum absolute atomic E-state index is 12.1. The van der Waals surface area contributed by atoms with Gasteiger partial charge in [0.2, 0.25) is 10.0 Å². The number of nitrogens with one attached hydrogen (secondary N) is 1. The molecule has 2 aromatic rings. The number of aromatic nitrogens is 1. The van der Waals surface area contributed by atoms with E-state index < -0.39 is 10.0 Å². The van der Waals surface area contributed by atoms with Gasteiger partial charge >= 0.3 is 0 Å². The monoisotopic (exact) mass is 341 g/mol. The van der Waals surface area contributed by atoms with E-state index in [1.54, 1.807) is 0 Å². The van der Waals surface area contributed by atoms with Crippen LogP contribution < -0.4 is 10.5 Å². The highest BCUT2D eigenvalue weighted by atomic mass is 79.9. The van der Waals surface area contributed by atoms with Crippen LogP contribution in [0.15, 0.2) is 52.0 Å². The van der Waals surface area contributed by atoms with Crippen LogP contribution in [0.5, 0.6) is 0 Å². The number of rotatable bonds is 4. The van der Waals surface area contributed by atoms with E-state index in [9.17, 15) is 8.42 Å². The van der Waals surface area contributed by atoms with Crippen LogP contribution in [0.2, 0.25) is 0 Å². The Bertz CT molecular complexity index is 675. The zero-order chi connectivity index (χ0) is 13.9. The van der Waals surface area contributed by atoms with Gasteiger partial charge in [-0.15, -0.1) is 0 Å². The Labute approximate surface area is 120 Å². The van der Waals surface area contributed by atoms with Crippen molar-refractivity contribution in [2.45, 2.75) is 11.4 Å². The minimum atomic E-state index is -3.68. The van der Waals surface area contributed by atoms with Crippen LogP contribution in [-0.4, -0.2) is 13.4 Å². The zero-order valence-electron chi connectivity index (χ0n) is 9.88. The second kappa shape index (κ2) is 5.68. The number of nitrogens with zero attached hydrogens (tertiary/aromatic N) is 1. The number of hydrogen-bond acceptors (Lipinski definition) is 4. The summed E-state index contributed by atoms with van der Waals surface area (Å²) in [6, 6.07) is 10.7. The largest absolute Gasteiger partial charge is 0.383 e. The Hall–Kier alpha value is -1.44. The molecule has 0 atom stereocenters. The number of nitrogen functional groups attached to an aromatic ring is 1. The van der Waals surface area contributed by atoms with Crippen molar-refractivity contribution in [1.82, 2.24) is 9.71 Å². The molecule has 1 aromatic heterocycles. The molecule has 0 aliphatic heterocycles. The fourth-order valence-corrected chi connectivity index (χ4v) is 3.10. The Morgan fingerprint density at radius 3 is 2.63 bits per heavy atom. The summed E-state index contributed by atoms with van der Waals surface area (Å²) in [6.07, 6.45) is 1.45. The average molecular weight is 342 g/mol. The summed E-state index contributed by atoms with van der Waals surface area (Å²) in [5.74, 6) is -0.0243. The van der Waals surface area contributed by atoms with E-state index in [0.29, 0.717) is 4.47 Å². The summed E-state index contributed by atoms with van der Waals surface area (Å²) in [7, 11) is -3.68. The molecule has 19 heavy (non-hydrogen) atoms. The summed E-state index contributed by atoms with van der Waals surface area (Å²) in [5, 5.41) is 0. The van der Waals surface area contributed by atoms with E-state index in [1.165, 1.54) is 12.3 Å². The third kappa shape index (κ3) is 3.52. The van der Waals surface area contributed by atoms with Gasteiger partial charge in [0, 0.05) is 17.2 Å². The molecule has 0 saturated carbocycles. The van der Waals surface area contributed by atoms with Crippen LogP contribution in [0.3, 0.4) is 0 Å². The summed E-state index contributed by atoms with van der Waals surface area (Å²) in [6.45, 7) is 0.203. The molecule has 0 saturated heterocycles. The van der Waals surface area contributed by atoms with Gasteiger partial charge in [0.15, 0.2) is 0 Å². The molecule has 0 bridgehead atoms. The van der Waals surface area contributed by atoms with Crippen molar-refractivity contribution in [3.05, 3.63) is 52.6 Å².